The van der Waals surface area contributed by atoms with E-state index in [1.54, 1.807) is 19.1 Å². The van der Waals surface area contributed by atoms with Gasteiger partial charge in [-0.05, 0) is 79.1 Å². The summed E-state index contributed by atoms with van der Waals surface area (Å²) in [6.45, 7) is 5.76. The molecule has 1 fully saturated rings. The molecule has 0 saturated heterocycles. The first kappa shape index (κ1) is 32.2. The molecule has 4 aromatic rings. The number of nitrogens with one attached hydrogen (secondary N) is 2. The van der Waals surface area contributed by atoms with Crippen LogP contribution in [0.2, 0.25) is 0 Å². The fraction of sp³-hybridized carbons (Fsp3) is 0.314. The lowest BCUT2D eigenvalue weighted by Gasteiger charge is -2.33. The number of aromatic nitrogens is 2. The number of amides is 2. The third kappa shape index (κ3) is 6.73. The van der Waals surface area contributed by atoms with Crippen LogP contribution >= 0.6 is 11.3 Å². The van der Waals surface area contributed by atoms with Crippen LogP contribution in [0, 0.1) is 30.3 Å². The molecule has 1 atom stereocenters. The number of rotatable bonds is 11. The van der Waals surface area contributed by atoms with E-state index in [1.807, 2.05) is 26.0 Å². The molecule has 3 heterocycles. The Morgan fingerprint density at radius 2 is 1.79 bits per heavy atom. The number of carbonyl (C=O) groups excluding carboxylic acids is 2. The third-order valence-electron chi connectivity index (χ3n) is 8.56. The molecule has 0 spiro atoms. The van der Waals surface area contributed by atoms with E-state index in [0.717, 1.165) is 36.2 Å². The summed E-state index contributed by atoms with van der Waals surface area (Å²) in [5.41, 5.74) is 9.67. The summed E-state index contributed by atoms with van der Waals surface area (Å²) in [5, 5.41) is 14.7. The van der Waals surface area contributed by atoms with Crippen molar-refractivity contribution in [2.75, 3.05) is 0 Å². The van der Waals surface area contributed by atoms with Gasteiger partial charge >= 0.3 is 0 Å². The van der Waals surface area contributed by atoms with Crippen LogP contribution in [0.25, 0.3) is 5.57 Å². The minimum absolute atomic E-state index is 0.0103. The summed E-state index contributed by atoms with van der Waals surface area (Å²) in [7, 11) is 0. The van der Waals surface area contributed by atoms with E-state index in [1.165, 1.54) is 29.5 Å². The lowest BCUT2D eigenvalue weighted by molar-refractivity contribution is -0.114. The van der Waals surface area contributed by atoms with Crippen molar-refractivity contribution in [1.29, 1.82) is 0 Å². The smallest absolute Gasteiger partial charge is 0.261 e. The number of carbonyl (C=O) groups is 2. The number of thiophene rings is 1. The third-order valence-corrected chi connectivity index (χ3v) is 9.71. The van der Waals surface area contributed by atoms with Crippen LogP contribution in [0.15, 0.2) is 76.0 Å². The van der Waals surface area contributed by atoms with Crippen LogP contribution in [0.1, 0.15) is 82.9 Å². The summed E-state index contributed by atoms with van der Waals surface area (Å²) in [5.74, 6) is -3.29. The molecular formula is C35H34F3N5O3S. The molecule has 4 N–H and O–H groups in total. The normalized spacial score (nSPS) is 17.2. The minimum Gasteiger partial charge on any atom is -0.421 e. The van der Waals surface area contributed by atoms with Gasteiger partial charge in [0.05, 0.1) is 10.8 Å². The number of dihydropyridines is 1. The van der Waals surface area contributed by atoms with Gasteiger partial charge in [0, 0.05) is 46.3 Å². The van der Waals surface area contributed by atoms with Crippen molar-refractivity contribution in [3.05, 3.63) is 122 Å². The van der Waals surface area contributed by atoms with Crippen LogP contribution in [-0.2, 0) is 16.8 Å². The molecule has 1 aliphatic heterocycles. The summed E-state index contributed by atoms with van der Waals surface area (Å²) in [6, 6.07) is 13.4. The average molecular weight is 662 g/mol. The van der Waals surface area contributed by atoms with Crippen molar-refractivity contribution in [2.45, 2.75) is 64.3 Å². The molecule has 47 heavy (non-hydrogen) atoms. The average Bonchev–Trinajstić information content (AvgIpc) is 3.40. The van der Waals surface area contributed by atoms with Crippen LogP contribution in [0.3, 0.4) is 0 Å². The highest BCUT2D eigenvalue weighted by Crippen LogP contribution is 2.55. The van der Waals surface area contributed by atoms with Gasteiger partial charge in [0.15, 0.2) is 11.6 Å². The number of nitrogens with two attached hydrogens (primary N) is 1. The second-order valence-corrected chi connectivity index (χ2v) is 13.6. The van der Waals surface area contributed by atoms with Crippen LogP contribution in [-0.4, -0.2) is 22.0 Å². The predicted octanol–water partition coefficient (Wildman–Crippen LogP) is 6.79. The Kier molecular flexibility index (Phi) is 8.80. The topological polar surface area (TPSA) is 123 Å². The van der Waals surface area contributed by atoms with Crippen LogP contribution < -0.4 is 16.4 Å². The first-order valence-corrected chi connectivity index (χ1v) is 16.2. The highest BCUT2D eigenvalue weighted by molar-refractivity contribution is 7.14. The van der Waals surface area contributed by atoms with Gasteiger partial charge in [0.1, 0.15) is 5.82 Å². The lowest BCUT2D eigenvalue weighted by atomic mass is 9.79. The van der Waals surface area contributed by atoms with Crippen molar-refractivity contribution in [3.8, 4) is 0 Å². The Bertz CT molecular complexity index is 1910. The standard InChI is InChI=1S/C35H34F3N5O3S/c1-18(2)14-25-29(32(39)44)31(27-10-11-28(47-27)33(45)40-17-20-4-9-23(37)24(38)15-20)30(34-43-42-19(3)46-34)26(41-25)16-35(12-13-35)21-5-7-22(36)8-6-21/h4-11,15,18,31,41H,12-14,16-17H2,1-3H3,(H2,39,44)(H,40,45). The van der Waals surface area contributed by atoms with Crippen molar-refractivity contribution in [1.82, 2.24) is 20.8 Å². The van der Waals surface area contributed by atoms with E-state index < -0.39 is 29.4 Å². The van der Waals surface area contributed by atoms with Crippen molar-refractivity contribution >= 4 is 28.7 Å². The fourth-order valence-electron chi connectivity index (χ4n) is 6.16. The summed E-state index contributed by atoms with van der Waals surface area (Å²) in [6.07, 6.45) is 2.84. The molecule has 8 nitrogen and oxygen atoms in total. The largest absolute Gasteiger partial charge is 0.421 e. The minimum atomic E-state index is -0.997. The lowest BCUT2D eigenvalue weighted by Crippen LogP contribution is -2.34. The van der Waals surface area contributed by atoms with Crippen molar-refractivity contribution in [2.24, 2.45) is 11.7 Å². The zero-order valence-corrected chi connectivity index (χ0v) is 26.9. The number of aryl methyl sites for hydroxylation is 1. The Labute approximate surface area is 274 Å². The molecular weight excluding hydrogens is 627 g/mol. The van der Waals surface area contributed by atoms with Crippen molar-refractivity contribution in [3.63, 3.8) is 0 Å². The molecule has 2 aromatic carbocycles. The molecule has 1 saturated carbocycles. The van der Waals surface area contributed by atoms with E-state index in [0.29, 0.717) is 50.9 Å². The maximum Gasteiger partial charge on any atom is 0.261 e. The van der Waals surface area contributed by atoms with Crippen LogP contribution in [0.4, 0.5) is 13.2 Å². The zero-order chi connectivity index (χ0) is 33.5. The highest BCUT2D eigenvalue weighted by atomic mass is 32.1. The number of allylic oxidation sites excluding steroid dienone is 3. The maximum absolute atomic E-state index is 13.8. The Morgan fingerprint density at radius 3 is 2.40 bits per heavy atom. The Morgan fingerprint density at radius 1 is 1.04 bits per heavy atom. The van der Waals surface area contributed by atoms with Gasteiger partial charge in [-0.15, -0.1) is 21.5 Å². The van der Waals surface area contributed by atoms with Crippen molar-refractivity contribution < 1.29 is 27.2 Å². The Hall–Kier alpha value is -4.71. The summed E-state index contributed by atoms with van der Waals surface area (Å²) >= 11 is 1.19. The number of benzene rings is 2. The number of nitrogens with zero attached hydrogens (tertiary/aromatic N) is 2. The first-order valence-electron chi connectivity index (χ1n) is 15.4. The zero-order valence-electron chi connectivity index (χ0n) is 26.1. The van der Waals surface area contributed by atoms with E-state index in [2.05, 4.69) is 20.8 Å². The quantitative estimate of drug-likeness (QED) is 0.163. The first-order chi connectivity index (χ1) is 22.4. The molecule has 2 aromatic heterocycles. The predicted molar refractivity (Wildman–Crippen MR) is 171 cm³/mol. The van der Waals surface area contributed by atoms with Crippen LogP contribution in [0.5, 0.6) is 0 Å². The second-order valence-electron chi connectivity index (χ2n) is 12.5. The summed E-state index contributed by atoms with van der Waals surface area (Å²) < 4.78 is 46.9. The van der Waals surface area contributed by atoms with Gasteiger partial charge in [-0.25, -0.2) is 13.2 Å². The van der Waals surface area contributed by atoms with Gasteiger partial charge in [-0.3, -0.25) is 9.59 Å². The number of halogens is 3. The van der Waals surface area contributed by atoms with E-state index in [9.17, 15) is 22.8 Å². The molecule has 2 aliphatic rings. The second kappa shape index (κ2) is 12.8. The van der Waals surface area contributed by atoms with Gasteiger partial charge in [-0.1, -0.05) is 32.0 Å². The fourth-order valence-corrected chi connectivity index (χ4v) is 7.21. The van der Waals surface area contributed by atoms with E-state index in [4.69, 9.17) is 10.2 Å². The molecule has 0 radical (unpaired) electrons. The molecule has 6 rings (SSSR count). The van der Waals surface area contributed by atoms with Gasteiger partial charge in [-0.2, -0.15) is 0 Å². The molecule has 244 valence electrons. The number of hydrogen-bond acceptors (Lipinski definition) is 7. The SMILES string of the molecule is Cc1nnc(C2=C(CC3(c4ccc(F)cc4)CC3)NC(CC(C)C)=C(C(N)=O)C2c2ccc(C(=O)NCc3ccc(F)c(F)c3)s2)o1. The van der Waals surface area contributed by atoms with E-state index in [-0.39, 0.29) is 29.6 Å². The summed E-state index contributed by atoms with van der Waals surface area (Å²) in [4.78, 5) is 27.5. The molecule has 0 bridgehead atoms. The number of hydrogen-bond donors (Lipinski definition) is 3. The Balaban J connectivity index is 1.42. The van der Waals surface area contributed by atoms with Gasteiger partial charge in [0.25, 0.3) is 5.91 Å². The monoisotopic (exact) mass is 661 g/mol. The van der Waals surface area contributed by atoms with E-state index >= 15 is 0 Å². The van der Waals surface area contributed by atoms with Gasteiger partial charge in [0.2, 0.25) is 17.7 Å². The molecule has 1 aliphatic carbocycles. The maximum atomic E-state index is 13.8. The molecule has 12 heteroatoms. The number of primary amides is 1. The van der Waals surface area contributed by atoms with Gasteiger partial charge < -0.3 is 20.8 Å². The highest BCUT2D eigenvalue weighted by Gasteiger charge is 2.47. The molecule has 2 amide bonds. The molecule has 1 unspecified atom stereocenters.